The predicted octanol–water partition coefficient (Wildman–Crippen LogP) is 5.70. The monoisotopic (exact) mass is 518 g/mol. The van der Waals surface area contributed by atoms with Crippen molar-refractivity contribution in [2.24, 2.45) is 0 Å². The summed E-state index contributed by atoms with van der Waals surface area (Å²) in [6.07, 6.45) is 0. The van der Waals surface area contributed by atoms with E-state index in [1.54, 1.807) is 18.2 Å². The fourth-order valence-electron chi connectivity index (χ4n) is 3.17. The van der Waals surface area contributed by atoms with Gasteiger partial charge in [-0.15, -0.1) is 0 Å². The molecule has 0 spiro atoms. The van der Waals surface area contributed by atoms with Crippen LogP contribution in [0.2, 0.25) is 15.1 Å². The van der Waals surface area contributed by atoms with Gasteiger partial charge in [-0.25, -0.2) is 9.07 Å². The zero-order chi connectivity index (χ0) is 24.4. The number of nitrogens with one attached hydrogen (secondary N) is 3. The van der Waals surface area contributed by atoms with Gasteiger partial charge in [0, 0.05) is 31.8 Å². The molecule has 0 atom stereocenters. The van der Waals surface area contributed by atoms with Crippen molar-refractivity contribution in [1.82, 2.24) is 4.68 Å². The summed E-state index contributed by atoms with van der Waals surface area (Å²) in [5, 5.41) is 6.61. The Balaban J connectivity index is 1.63. The van der Waals surface area contributed by atoms with Gasteiger partial charge in [0.1, 0.15) is 11.5 Å². The molecule has 1 aromatic heterocycles. The van der Waals surface area contributed by atoms with Gasteiger partial charge >= 0.3 is 11.8 Å². The van der Waals surface area contributed by atoms with E-state index >= 15 is 0 Å². The van der Waals surface area contributed by atoms with Crippen LogP contribution in [0.1, 0.15) is 10.5 Å². The largest absolute Gasteiger partial charge is 0.328 e. The first-order chi connectivity index (χ1) is 16.2. The fourth-order valence-corrected chi connectivity index (χ4v) is 3.87. The summed E-state index contributed by atoms with van der Waals surface area (Å²) in [5.74, 6) is -3.17. The maximum absolute atomic E-state index is 13.1. The Morgan fingerprint density at radius 3 is 2.06 bits per heavy atom. The first kappa shape index (κ1) is 23.6. The molecular formula is C23H14Cl3FN4O3. The molecule has 0 aliphatic carbocycles. The van der Waals surface area contributed by atoms with Crippen LogP contribution in [-0.4, -0.2) is 22.4 Å². The zero-order valence-corrected chi connectivity index (χ0v) is 19.3. The second kappa shape index (κ2) is 9.72. The molecule has 3 amide bonds. The summed E-state index contributed by atoms with van der Waals surface area (Å²) in [6.45, 7) is 0. The minimum atomic E-state index is -1.06. The average molecular weight is 520 g/mol. The van der Waals surface area contributed by atoms with Crippen molar-refractivity contribution in [3.8, 4) is 0 Å². The zero-order valence-electron chi connectivity index (χ0n) is 17.0. The molecule has 0 aliphatic rings. The number of aromatic nitrogens is 1. The normalized spacial score (nSPS) is 10.7. The van der Waals surface area contributed by atoms with Gasteiger partial charge in [-0.3, -0.25) is 19.8 Å². The van der Waals surface area contributed by atoms with E-state index in [9.17, 15) is 18.8 Å². The van der Waals surface area contributed by atoms with Crippen molar-refractivity contribution in [1.29, 1.82) is 0 Å². The van der Waals surface area contributed by atoms with Gasteiger partial charge in [0.05, 0.1) is 5.52 Å². The quantitative estimate of drug-likeness (QED) is 0.302. The number of nitrogens with zero attached hydrogens (tertiary/aromatic N) is 1. The van der Waals surface area contributed by atoms with E-state index in [4.69, 9.17) is 34.8 Å². The first-order valence-electron chi connectivity index (χ1n) is 9.66. The van der Waals surface area contributed by atoms with Crippen LogP contribution < -0.4 is 16.1 Å². The third-order valence-electron chi connectivity index (χ3n) is 4.64. The van der Waals surface area contributed by atoms with E-state index in [2.05, 4.69) is 16.1 Å². The molecule has 172 valence electrons. The van der Waals surface area contributed by atoms with E-state index in [0.717, 1.165) is 12.1 Å². The number of halogens is 4. The van der Waals surface area contributed by atoms with Gasteiger partial charge < -0.3 is 10.6 Å². The van der Waals surface area contributed by atoms with Crippen LogP contribution in [0.25, 0.3) is 10.9 Å². The van der Waals surface area contributed by atoms with Crippen molar-refractivity contribution in [2.45, 2.75) is 0 Å². The van der Waals surface area contributed by atoms with E-state index in [0.29, 0.717) is 31.7 Å². The molecule has 4 aromatic rings. The maximum atomic E-state index is 13.1. The lowest BCUT2D eigenvalue weighted by Crippen LogP contribution is -2.36. The second-order valence-corrected chi connectivity index (χ2v) is 8.39. The fraction of sp³-hybridized carbons (Fsp3) is 0. The highest BCUT2D eigenvalue weighted by Crippen LogP contribution is 2.26. The highest BCUT2D eigenvalue weighted by atomic mass is 35.5. The minimum absolute atomic E-state index is 0.0105. The molecule has 34 heavy (non-hydrogen) atoms. The number of rotatable bonds is 4. The Kier molecular flexibility index (Phi) is 6.74. The van der Waals surface area contributed by atoms with Crippen LogP contribution >= 0.6 is 34.8 Å². The van der Waals surface area contributed by atoms with Gasteiger partial charge in [-0.2, -0.15) is 0 Å². The lowest BCUT2D eigenvalue weighted by atomic mass is 10.2. The van der Waals surface area contributed by atoms with E-state index < -0.39 is 23.5 Å². The number of carbonyl (C=O) groups excluding carboxylic acids is 3. The molecule has 1 heterocycles. The molecule has 0 unspecified atom stereocenters. The summed E-state index contributed by atoms with van der Waals surface area (Å²) in [6, 6.07) is 15.7. The van der Waals surface area contributed by atoms with Crippen LogP contribution in [0.5, 0.6) is 0 Å². The van der Waals surface area contributed by atoms with Crippen molar-refractivity contribution < 1.29 is 18.8 Å². The van der Waals surface area contributed by atoms with Gasteiger partial charge in [0.15, 0.2) is 0 Å². The minimum Gasteiger partial charge on any atom is -0.321 e. The highest BCUT2D eigenvalue weighted by Gasteiger charge is 2.21. The van der Waals surface area contributed by atoms with Gasteiger partial charge in [0.2, 0.25) is 0 Å². The molecule has 0 aliphatic heterocycles. The highest BCUT2D eigenvalue weighted by molar-refractivity contribution is 6.42. The number of hydrogen-bond acceptors (Lipinski definition) is 3. The molecule has 3 N–H and O–H groups in total. The SMILES string of the molecule is O=C(Nc1ccc(F)cc1)C(=O)Nn1c(C(=O)Nc2cc(Cl)cc(Cl)c2)cc2cc(Cl)ccc21. The lowest BCUT2D eigenvalue weighted by Gasteiger charge is -2.13. The topological polar surface area (TPSA) is 92.2 Å². The Morgan fingerprint density at radius 2 is 1.38 bits per heavy atom. The number of anilines is 2. The molecule has 0 saturated carbocycles. The lowest BCUT2D eigenvalue weighted by molar-refractivity contribution is -0.133. The summed E-state index contributed by atoms with van der Waals surface area (Å²) in [7, 11) is 0. The van der Waals surface area contributed by atoms with Gasteiger partial charge in [-0.1, -0.05) is 34.8 Å². The number of benzene rings is 3. The van der Waals surface area contributed by atoms with Crippen LogP contribution in [0, 0.1) is 5.82 Å². The smallest absolute Gasteiger partial charge is 0.321 e. The molecule has 0 bridgehead atoms. The van der Waals surface area contributed by atoms with E-state index in [1.807, 2.05) is 0 Å². The Labute approximate surface area is 207 Å². The Hall–Kier alpha value is -3.59. The Morgan fingerprint density at radius 1 is 0.706 bits per heavy atom. The van der Waals surface area contributed by atoms with Gasteiger partial charge in [0.25, 0.3) is 5.91 Å². The van der Waals surface area contributed by atoms with Crippen molar-refractivity contribution in [3.63, 3.8) is 0 Å². The standard InChI is InChI=1S/C23H14Cl3FN4O3/c24-13-1-6-19-12(7-13)8-20(21(32)29-18-10-14(25)9-15(26)11-18)31(19)30-23(34)22(33)28-17-4-2-16(27)3-5-17/h1-11H,(H,28,33)(H,29,32)(H,30,34). The van der Waals surface area contributed by atoms with Crippen LogP contribution in [0.3, 0.4) is 0 Å². The van der Waals surface area contributed by atoms with Crippen LogP contribution in [0.15, 0.2) is 66.7 Å². The summed E-state index contributed by atoms with van der Waals surface area (Å²) in [5.41, 5.74) is 3.39. The molecule has 3 aromatic carbocycles. The van der Waals surface area contributed by atoms with Crippen molar-refractivity contribution in [3.05, 3.63) is 93.3 Å². The summed E-state index contributed by atoms with van der Waals surface area (Å²) < 4.78 is 14.2. The number of fused-ring (bicyclic) bond motifs is 1. The van der Waals surface area contributed by atoms with E-state index in [1.165, 1.54) is 41.1 Å². The van der Waals surface area contributed by atoms with Crippen LogP contribution in [-0.2, 0) is 9.59 Å². The molecule has 4 rings (SSSR count). The predicted molar refractivity (Wildman–Crippen MR) is 131 cm³/mol. The number of carbonyl (C=O) groups is 3. The molecular weight excluding hydrogens is 506 g/mol. The summed E-state index contributed by atoms with van der Waals surface area (Å²) >= 11 is 18.1. The molecule has 11 heteroatoms. The first-order valence-corrected chi connectivity index (χ1v) is 10.8. The molecule has 7 nitrogen and oxygen atoms in total. The second-order valence-electron chi connectivity index (χ2n) is 7.08. The molecule has 0 fully saturated rings. The van der Waals surface area contributed by atoms with E-state index in [-0.39, 0.29) is 11.4 Å². The molecule has 0 radical (unpaired) electrons. The van der Waals surface area contributed by atoms with Crippen molar-refractivity contribution >= 4 is 74.8 Å². The average Bonchev–Trinajstić information content (AvgIpc) is 3.12. The molecule has 0 saturated heterocycles. The Bertz CT molecular complexity index is 1420. The van der Waals surface area contributed by atoms with Gasteiger partial charge in [-0.05, 0) is 66.7 Å². The maximum Gasteiger partial charge on any atom is 0.328 e. The number of amides is 3. The third kappa shape index (κ3) is 5.31. The van der Waals surface area contributed by atoms with Crippen LogP contribution in [0.4, 0.5) is 15.8 Å². The number of hydrogen-bond donors (Lipinski definition) is 3. The van der Waals surface area contributed by atoms with Crippen molar-refractivity contribution in [2.75, 3.05) is 16.1 Å². The summed E-state index contributed by atoms with van der Waals surface area (Å²) in [4.78, 5) is 38.0. The third-order valence-corrected chi connectivity index (χ3v) is 5.31.